The molecule has 0 saturated carbocycles. The number of carbonyl (C=O) groups excluding carboxylic acids is 1. The summed E-state index contributed by atoms with van der Waals surface area (Å²) >= 11 is 1.17. The Kier molecular flexibility index (Phi) is 6.83. The van der Waals surface area contributed by atoms with Crippen LogP contribution in [0.3, 0.4) is 0 Å². The molecule has 0 aliphatic carbocycles. The minimum atomic E-state index is -3.47. The van der Waals surface area contributed by atoms with Gasteiger partial charge < -0.3 is 9.73 Å². The van der Waals surface area contributed by atoms with E-state index in [4.69, 9.17) is 4.42 Å². The maximum atomic E-state index is 12.5. The second kappa shape index (κ2) is 9.34. The molecule has 0 saturated heterocycles. The molecule has 0 bridgehead atoms. The number of thiophene rings is 1. The van der Waals surface area contributed by atoms with Gasteiger partial charge in [-0.05, 0) is 24.3 Å². The summed E-state index contributed by atoms with van der Waals surface area (Å²) in [6, 6.07) is 12.8. The van der Waals surface area contributed by atoms with E-state index in [0.29, 0.717) is 24.7 Å². The van der Waals surface area contributed by atoms with Crippen LogP contribution in [0.15, 0.2) is 57.4 Å². The molecule has 7 nitrogen and oxygen atoms in total. The Labute approximate surface area is 174 Å². The van der Waals surface area contributed by atoms with Gasteiger partial charge in [0.15, 0.2) is 0 Å². The van der Waals surface area contributed by atoms with Crippen LogP contribution in [-0.4, -0.2) is 36.7 Å². The number of rotatable bonds is 9. The van der Waals surface area contributed by atoms with Crippen LogP contribution in [-0.2, 0) is 27.8 Å². The van der Waals surface area contributed by atoms with Gasteiger partial charge in [-0.2, -0.15) is 4.31 Å². The number of sulfonamides is 1. The number of aromatic nitrogens is 1. The van der Waals surface area contributed by atoms with Crippen molar-refractivity contribution in [3.8, 4) is 11.5 Å². The third kappa shape index (κ3) is 5.11. The summed E-state index contributed by atoms with van der Waals surface area (Å²) < 4.78 is 32.2. The highest BCUT2D eigenvalue weighted by Gasteiger charge is 2.23. The monoisotopic (exact) mass is 433 g/mol. The first-order chi connectivity index (χ1) is 13.9. The number of carbonyl (C=O) groups is 1. The average molecular weight is 434 g/mol. The van der Waals surface area contributed by atoms with Crippen molar-refractivity contribution in [3.63, 3.8) is 0 Å². The highest BCUT2D eigenvalue weighted by Crippen LogP contribution is 2.25. The summed E-state index contributed by atoms with van der Waals surface area (Å²) in [6.45, 7) is 4.73. The molecule has 0 aliphatic rings. The topological polar surface area (TPSA) is 92.5 Å². The van der Waals surface area contributed by atoms with Gasteiger partial charge in [0.1, 0.15) is 10.5 Å². The van der Waals surface area contributed by atoms with Gasteiger partial charge in [0.25, 0.3) is 10.0 Å². The Morgan fingerprint density at radius 3 is 2.55 bits per heavy atom. The van der Waals surface area contributed by atoms with Crippen LogP contribution in [0.4, 0.5) is 0 Å². The van der Waals surface area contributed by atoms with Crippen LogP contribution in [0.2, 0.25) is 0 Å². The van der Waals surface area contributed by atoms with Crippen molar-refractivity contribution < 1.29 is 17.6 Å². The third-order valence-corrected chi connectivity index (χ3v) is 7.91. The normalized spacial score (nSPS) is 11.7. The van der Waals surface area contributed by atoms with Crippen LogP contribution in [0.5, 0.6) is 0 Å². The van der Waals surface area contributed by atoms with Gasteiger partial charge in [-0.3, -0.25) is 4.79 Å². The zero-order chi connectivity index (χ0) is 20.9. The molecule has 2 heterocycles. The molecule has 0 radical (unpaired) electrons. The lowest BCUT2D eigenvalue weighted by molar-refractivity contribution is -0.120. The Bertz CT molecular complexity index is 1050. The zero-order valence-corrected chi connectivity index (χ0v) is 17.9. The predicted octanol–water partition coefficient (Wildman–Crippen LogP) is 3.29. The smallest absolute Gasteiger partial charge is 0.252 e. The van der Waals surface area contributed by atoms with E-state index < -0.39 is 10.0 Å². The van der Waals surface area contributed by atoms with E-state index in [1.807, 2.05) is 44.2 Å². The van der Waals surface area contributed by atoms with E-state index in [1.165, 1.54) is 21.9 Å². The summed E-state index contributed by atoms with van der Waals surface area (Å²) in [5.41, 5.74) is 1.39. The van der Waals surface area contributed by atoms with Crippen LogP contribution < -0.4 is 5.32 Å². The summed E-state index contributed by atoms with van der Waals surface area (Å²) in [4.78, 5) is 17.3. The molecule has 1 amide bonds. The molecule has 1 N–H and O–H groups in total. The molecule has 0 spiro atoms. The van der Waals surface area contributed by atoms with Crippen molar-refractivity contribution in [2.45, 2.75) is 31.0 Å². The SMILES string of the molecule is CCN(CC)S(=O)(=O)c1ccc(CNC(=O)Cc2coc(-c3ccccc3)n2)s1. The van der Waals surface area contributed by atoms with Crippen LogP contribution >= 0.6 is 11.3 Å². The van der Waals surface area contributed by atoms with Gasteiger partial charge in [-0.25, -0.2) is 13.4 Å². The maximum absolute atomic E-state index is 12.5. The van der Waals surface area contributed by atoms with E-state index in [2.05, 4.69) is 10.3 Å². The molecule has 2 aromatic heterocycles. The Balaban J connectivity index is 1.57. The molecule has 154 valence electrons. The lowest BCUT2D eigenvalue weighted by atomic mass is 10.2. The number of nitrogens with one attached hydrogen (secondary N) is 1. The van der Waals surface area contributed by atoms with Crippen LogP contribution in [0.25, 0.3) is 11.5 Å². The van der Waals surface area contributed by atoms with Gasteiger partial charge in [-0.15, -0.1) is 11.3 Å². The van der Waals surface area contributed by atoms with Gasteiger partial charge in [-0.1, -0.05) is 32.0 Å². The second-order valence-electron chi connectivity index (χ2n) is 6.27. The average Bonchev–Trinajstić information content (AvgIpc) is 3.38. The highest BCUT2D eigenvalue weighted by molar-refractivity contribution is 7.91. The fraction of sp³-hybridized carbons (Fsp3) is 0.300. The largest absolute Gasteiger partial charge is 0.444 e. The van der Waals surface area contributed by atoms with E-state index in [1.54, 1.807) is 12.1 Å². The molecular weight excluding hydrogens is 410 g/mol. The lowest BCUT2D eigenvalue weighted by Gasteiger charge is -2.16. The molecule has 0 atom stereocenters. The molecule has 9 heteroatoms. The molecule has 0 fully saturated rings. The number of hydrogen-bond acceptors (Lipinski definition) is 6. The van der Waals surface area contributed by atoms with Crippen molar-refractivity contribution in [2.75, 3.05) is 13.1 Å². The number of amides is 1. The summed E-state index contributed by atoms with van der Waals surface area (Å²) in [5, 5.41) is 2.80. The van der Waals surface area contributed by atoms with Crippen molar-refractivity contribution in [1.82, 2.24) is 14.6 Å². The van der Waals surface area contributed by atoms with Crippen molar-refractivity contribution in [2.24, 2.45) is 0 Å². The Hall–Kier alpha value is -2.49. The Morgan fingerprint density at radius 2 is 1.86 bits per heavy atom. The molecular formula is C20H23N3O4S2. The fourth-order valence-electron chi connectivity index (χ4n) is 2.80. The molecule has 3 aromatic rings. The quantitative estimate of drug-likeness (QED) is 0.559. The number of nitrogens with zero attached hydrogens (tertiary/aromatic N) is 2. The zero-order valence-electron chi connectivity index (χ0n) is 16.3. The second-order valence-corrected chi connectivity index (χ2v) is 9.61. The molecule has 29 heavy (non-hydrogen) atoms. The maximum Gasteiger partial charge on any atom is 0.252 e. The van der Waals surface area contributed by atoms with Gasteiger partial charge in [0.2, 0.25) is 11.8 Å². The lowest BCUT2D eigenvalue weighted by Crippen LogP contribution is -2.30. The summed E-state index contributed by atoms with van der Waals surface area (Å²) in [7, 11) is -3.47. The number of hydrogen-bond donors (Lipinski definition) is 1. The molecule has 3 rings (SSSR count). The Morgan fingerprint density at radius 1 is 1.14 bits per heavy atom. The van der Waals surface area contributed by atoms with Crippen LogP contribution in [0.1, 0.15) is 24.4 Å². The molecule has 0 unspecified atom stereocenters. The molecule has 1 aromatic carbocycles. The highest BCUT2D eigenvalue weighted by atomic mass is 32.2. The van der Waals surface area contributed by atoms with E-state index in [-0.39, 0.29) is 23.1 Å². The van der Waals surface area contributed by atoms with E-state index >= 15 is 0 Å². The third-order valence-electron chi connectivity index (χ3n) is 4.31. The first-order valence-corrected chi connectivity index (χ1v) is 11.5. The van der Waals surface area contributed by atoms with Gasteiger partial charge in [0.05, 0.1) is 18.7 Å². The first kappa shape index (κ1) is 21.2. The minimum absolute atomic E-state index is 0.0896. The van der Waals surface area contributed by atoms with Crippen molar-refractivity contribution >= 4 is 27.3 Å². The van der Waals surface area contributed by atoms with Gasteiger partial charge in [0, 0.05) is 23.5 Å². The standard InChI is InChI=1S/C20H23N3O4S2/c1-3-23(4-2)29(25,26)19-11-10-17(28-19)13-21-18(24)12-16-14-27-20(22-16)15-8-6-5-7-9-15/h5-11,14H,3-4,12-13H2,1-2H3,(H,21,24). The van der Waals surface area contributed by atoms with Gasteiger partial charge >= 0.3 is 0 Å². The van der Waals surface area contributed by atoms with E-state index in [9.17, 15) is 13.2 Å². The van der Waals surface area contributed by atoms with Crippen molar-refractivity contribution in [3.05, 3.63) is 59.3 Å². The number of oxazole rings is 1. The molecule has 0 aliphatic heterocycles. The van der Waals surface area contributed by atoms with E-state index in [0.717, 1.165) is 10.4 Å². The summed E-state index contributed by atoms with van der Waals surface area (Å²) in [5.74, 6) is 0.261. The first-order valence-electron chi connectivity index (χ1n) is 9.29. The predicted molar refractivity (Wildman–Crippen MR) is 112 cm³/mol. The fourth-order valence-corrected chi connectivity index (χ4v) is 5.70. The minimum Gasteiger partial charge on any atom is -0.444 e. The van der Waals surface area contributed by atoms with Crippen LogP contribution in [0, 0.1) is 0 Å². The summed E-state index contributed by atoms with van der Waals surface area (Å²) in [6.07, 6.45) is 1.56. The van der Waals surface area contributed by atoms with Crippen molar-refractivity contribution in [1.29, 1.82) is 0 Å². The number of benzene rings is 1.